The van der Waals surface area contributed by atoms with Crippen molar-refractivity contribution in [1.82, 2.24) is 5.32 Å². The Morgan fingerprint density at radius 1 is 0.846 bits per heavy atom. The second kappa shape index (κ2) is 14.1. The second-order valence-electron chi connectivity index (χ2n) is 5.41. The van der Waals surface area contributed by atoms with Crippen LogP contribution in [0.4, 0.5) is 0 Å². The van der Waals surface area contributed by atoms with Gasteiger partial charge in [0, 0.05) is 0 Å². The quantitative estimate of drug-likeness (QED) is 0.427. The molecule has 0 heterocycles. The topological polar surface area (TPSA) is 38.3 Å². The number of halogens is 1. The number of carbonyl (C=O) groups is 1. The molecule has 0 fully saturated rings. The average Bonchev–Trinajstić information content (AvgIpc) is 2.65. The predicted octanol–water partition coefficient (Wildman–Crippen LogP) is 5.22. The number of ether oxygens (including phenoxy) is 1. The number of allylic oxidation sites excluding steroid dienone is 1. The monoisotopic (exact) mass is 375 g/mol. The van der Waals surface area contributed by atoms with Gasteiger partial charge in [-0.3, -0.25) is 0 Å². The first kappa shape index (κ1) is 23.9. The van der Waals surface area contributed by atoms with E-state index in [1.807, 2.05) is 74.5 Å². The summed E-state index contributed by atoms with van der Waals surface area (Å²) in [5.41, 5.74) is 3.46. The minimum Gasteiger partial charge on any atom is -0.462 e. The SMILES string of the molecule is CCNCC.CCOC(=O)C(=C(C)c1ccccc1)c1ccccc1.Cl. The maximum Gasteiger partial charge on any atom is 0.339 e. The maximum absolute atomic E-state index is 12.3. The summed E-state index contributed by atoms with van der Waals surface area (Å²) < 4.78 is 5.20. The minimum atomic E-state index is -0.278. The second-order valence-corrected chi connectivity index (χ2v) is 5.41. The Labute approximate surface area is 163 Å². The van der Waals surface area contributed by atoms with Crippen LogP contribution in [0.15, 0.2) is 60.7 Å². The predicted molar refractivity (Wildman–Crippen MR) is 113 cm³/mol. The van der Waals surface area contributed by atoms with Crippen molar-refractivity contribution in [3.63, 3.8) is 0 Å². The molecular formula is C22H30ClNO2. The van der Waals surface area contributed by atoms with Gasteiger partial charge in [0.2, 0.25) is 0 Å². The van der Waals surface area contributed by atoms with E-state index in [1.54, 1.807) is 0 Å². The molecule has 0 saturated carbocycles. The van der Waals surface area contributed by atoms with E-state index in [0.29, 0.717) is 12.2 Å². The van der Waals surface area contributed by atoms with Gasteiger partial charge in [-0.05, 0) is 43.6 Å². The Morgan fingerprint density at radius 3 is 1.69 bits per heavy atom. The highest BCUT2D eigenvalue weighted by molar-refractivity contribution is 6.24. The number of hydrogen-bond donors (Lipinski definition) is 1. The highest BCUT2D eigenvalue weighted by atomic mass is 35.5. The molecule has 3 nitrogen and oxygen atoms in total. The smallest absolute Gasteiger partial charge is 0.339 e. The molecule has 4 heteroatoms. The van der Waals surface area contributed by atoms with E-state index in [-0.39, 0.29) is 18.4 Å². The summed E-state index contributed by atoms with van der Waals surface area (Å²) in [6, 6.07) is 19.5. The number of carbonyl (C=O) groups excluding carboxylic acids is 1. The number of benzene rings is 2. The number of esters is 1. The van der Waals surface area contributed by atoms with Crippen molar-refractivity contribution in [3.8, 4) is 0 Å². The van der Waals surface area contributed by atoms with Crippen LogP contribution in [0.25, 0.3) is 11.1 Å². The van der Waals surface area contributed by atoms with Crippen molar-refractivity contribution in [2.75, 3.05) is 19.7 Å². The van der Waals surface area contributed by atoms with Crippen molar-refractivity contribution in [2.24, 2.45) is 0 Å². The van der Waals surface area contributed by atoms with Gasteiger partial charge < -0.3 is 10.1 Å². The summed E-state index contributed by atoms with van der Waals surface area (Å²) >= 11 is 0. The number of hydrogen-bond acceptors (Lipinski definition) is 3. The fourth-order valence-electron chi connectivity index (χ4n) is 2.38. The Bertz CT molecular complexity index is 652. The van der Waals surface area contributed by atoms with Crippen molar-refractivity contribution in [2.45, 2.75) is 27.7 Å². The zero-order valence-electron chi connectivity index (χ0n) is 16.1. The van der Waals surface area contributed by atoms with Crippen molar-refractivity contribution in [1.29, 1.82) is 0 Å². The van der Waals surface area contributed by atoms with Crippen LogP contribution in [0.5, 0.6) is 0 Å². The molecule has 0 aliphatic heterocycles. The van der Waals surface area contributed by atoms with Gasteiger partial charge in [-0.1, -0.05) is 74.5 Å². The van der Waals surface area contributed by atoms with E-state index in [0.717, 1.165) is 29.8 Å². The fraction of sp³-hybridized carbons (Fsp3) is 0.318. The summed E-state index contributed by atoms with van der Waals surface area (Å²) in [7, 11) is 0. The minimum absolute atomic E-state index is 0. The molecular weight excluding hydrogens is 346 g/mol. The van der Waals surface area contributed by atoms with E-state index in [4.69, 9.17) is 4.74 Å². The van der Waals surface area contributed by atoms with Gasteiger partial charge in [-0.15, -0.1) is 12.4 Å². The molecule has 2 aromatic rings. The standard InChI is InChI=1S/C18H18O2.C4H11N.ClH/c1-3-20-18(19)17(16-12-8-5-9-13-16)14(2)15-10-6-4-7-11-15;1-3-5-4-2;/h4-13H,3H2,1-2H3;5H,3-4H2,1-2H3;1H. The van der Waals surface area contributed by atoms with E-state index in [2.05, 4.69) is 19.2 Å². The first-order chi connectivity index (χ1) is 12.2. The van der Waals surface area contributed by atoms with E-state index in [1.165, 1.54) is 0 Å². The van der Waals surface area contributed by atoms with E-state index in [9.17, 15) is 4.79 Å². The fourth-order valence-corrected chi connectivity index (χ4v) is 2.38. The molecule has 0 radical (unpaired) electrons. The zero-order chi connectivity index (χ0) is 18.5. The Kier molecular flexibility index (Phi) is 13.0. The highest BCUT2D eigenvalue weighted by Gasteiger charge is 2.17. The molecule has 0 unspecified atom stereocenters. The maximum atomic E-state index is 12.3. The third-order valence-corrected chi connectivity index (χ3v) is 3.62. The van der Waals surface area contributed by atoms with Crippen molar-refractivity contribution >= 4 is 29.5 Å². The first-order valence-electron chi connectivity index (χ1n) is 8.85. The van der Waals surface area contributed by atoms with Gasteiger partial charge in [-0.25, -0.2) is 4.79 Å². The Morgan fingerprint density at radius 2 is 1.31 bits per heavy atom. The lowest BCUT2D eigenvalue weighted by molar-refractivity contribution is -0.136. The van der Waals surface area contributed by atoms with Crippen LogP contribution < -0.4 is 5.32 Å². The lowest BCUT2D eigenvalue weighted by Crippen LogP contribution is -2.09. The summed E-state index contributed by atoms with van der Waals surface area (Å²) in [6.07, 6.45) is 0. The normalized spacial score (nSPS) is 10.6. The molecule has 0 aliphatic rings. The molecule has 1 N–H and O–H groups in total. The largest absolute Gasteiger partial charge is 0.462 e. The lowest BCUT2D eigenvalue weighted by Gasteiger charge is -2.12. The molecule has 26 heavy (non-hydrogen) atoms. The van der Waals surface area contributed by atoms with Crippen LogP contribution in [-0.4, -0.2) is 25.7 Å². The number of nitrogens with one attached hydrogen (secondary N) is 1. The van der Waals surface area contributed by atoms with Crippen LogP contribution in [0.1, 0.15) is 38.8 Å². The van der Waals surface area contributed by atoms with Crippen molar-refractivity contribution < 1.29 is 9.53 Å². The van der Waals surface area contributed by atoms with Crippen LogP contribution in [0, 0.1) is 0 Å². The molecule has 2 rings (SSSR count). The summed E-state index contributed by atoms with van der Waals surface area (Å²) in [6.45, 7) is 10.5. The van der Waals surface area contributed by atoms with E-state index < -0.39 is 0 Å². The van der Waals surface area contributed by atoms with Gasteiger partial charge >= 0.3 is 5.97 Å². The molecule has 0 spiro atoms. The van der Waals surface area contributed by atoms with Gasteiger partial charge in [0.1, 0.15) is 0 Å². The van der Waals surface area contributed by atoms with E-state index >= 15 is 0 Å². The Hall–Kier alpha value is -2.10. The molecule has 2 aromatic carbocycles. The van der Waals surface area contributed by atoms with Gasteiger partial charge in [-0.2, -0.15) is 0 Å². The summed E-state index contributed by atoms with van der Waals surface area (Å²) in [5.74, 6) is -0.278. The molecule has 142 valence electrons. The van der Waals surface area contributed by atoms with Crippen LogP contribution in [0.2, 0.25) is 0 Å². The van der Waals surface area contributed by atoms with Gasteiger partial charge in [0.15, 0.2) is 0 Å². The zero-order valence-corrected chi connectivity index (χ0v) is 16.9. The number of rotatable bonds is 6. The molecule has 0 saturated heterocycles. The van der Waals surface area contributed by atoms with Crippen LogP contribution in [0.3, 0.4) is 0 Å². The van der Waals surface area contributed by atoms with Gasteiger partial charge in [0.25, 0.3) is 0 Å². The summed E-state index contributed by atoms with van der Waals surface area (Å²) in [4.78, 5) is 12.3. The Balaban J connectivity index is 0.000000923. The van der Waals surface area contributed by atoms with Crippen LogP contribution >= 0.6 is 12.4 Å². The molecule has 0 aliphatic carbocycles. The van der Waals surface area contributed by atoms with Crippen LogP contribution in [-0.2, 0) is 9.53 Å². The molecule has 0 amide bonds. The highest BCUT2D eigenvalue weighted by Crippen LogP contribution is 2.27. The lowest BCUT2D eigenvalue weighted by atomic mass is 9.96. The first-order valence-corrected chi connectivity index (χ1v) is 8.85. The molecule has 0 bridgehead atoms. The third-order valence-electron chi connectivity index (χ3n) is 3.62. The molecule has 0 aromatic heterocycles. The van der Waals surface area contributed by atoms with Crippen molar-refractivity contribution in [3.05, 3.63) is 71.8 Å². The molecule has 0 atom stereocenters. The summed E-state index contributed by atoms with van der Waals surface area (Å²) in [5, 5.41) is 3.11. The van der Waals surface area contributed by atoms with Gasteiger partial charge in [0.05, 0.1) is 12.2 Å². The third kappa shape index (κ3) is 7.85. The average molecular weight is 376 g/mol.